The summed E-state index contributed by atoms with van der Waals surface area (Å²) in [4.78, 5) is 15.6. The van der Waals surface area contributed by atoms with Gasteiger partial charge in [-0.15, -0.1) is 0 Å². The molecule has 1 aromatic heterocycles. The van der Waals surface area contributed by atoms with Crippen LogP contribution in [0.1, 0.15) is 27.9 Å². The van der Waals surface area contributed by atoms with Crippen molar-refractivity contribution in [3.8, 4) is 0 Å². The zero-order chi connectivity index (χ0) is 18.0. The van der Waals surface area contributed by atoms with Crippen molar-refractivity contribution in [2.24, 2.45) is 0 Å². The number of nitrogens with one attached hydrogen (secondary N) is 3. The summed E-state index contributed by atoms with van der Waals surface area (Å²) in [7, 11) is 0. The summed E-state index contributed by atoms with van der Waals surface area (Å²) < 4.78 is 0. The van der Waals surface area contributed by atoms with E-state index in [1.54, 1.807) is 0 Å². The Morgan fingerprint density at radius 3 is 2.36 bits per heavy atom. The Bertz CT molecular complexity index is 907. The molecule has 0 saturated carbocycles. The van der Waals surface area contributed by atoms with Gasteiger partial charge >= 0.3 is 6.03 Å². The van der Waals surface area contributed by atoms with Crippen LogP contribution in [0.15, 0.2) is 36.4 Å². The summed E-state index contributed by atoms with van der Waals surface area (Å²) in [5.74, 6) is 0. The quantitative estimate of drug-likeness (QED) is 0.632. The third kappa shape index (κ3) is 3.68. The fraction of sp³-hybridized carbons (Fsp3) is 0.286. The highest BCUT2D eigenvalue weighted by molar-refractivity contribution is 5.91. The number of fused-ring (bicyclic) bond motifs is 1. The topological polar surface area (TPSA) is 56.9 Å². The van der Waals surface area contributed by atoms with E-state index in [-0.39, 0.29) is 6.03 Å². The number of benzene rings is 2. The van der Waals surface area contributed by atoms with E-state index in [4.69, 9.17) is 0 Å². The van der Waals surface area contributed by atoms with Crippen LogP contribution in [0.3, 0.4) is 0 Å². The first-order valence-electron chi connectivity index (χ1n) is 8.64. The molecule has 130 valence electrons. The lowest BCUT2D eigenvalue weighted by Gasteiger charge is -2.09. The Balaban J connectivity index is 1.65. The van der Waals surface area contributed by atoms with Gasteiger partial charge in [0.2, 0.25) is 0 Å². The molecule has 0 bridgehead atoms. The molecule has 0 aliphatic carbocycles. The average molecular weight is 335 g/mol. The van der Waals surface area contributed by atoms with E-state index in [1.165, 1.54) is 38.9 Å². The predicted octanol–water partition coefficient (Wildman–Crippen LogP) is 4.77. The van der Waals surface area contributed by atoms with Gasteiger partial charge in [0.15, 0.2) is 0 Å². The van der Waals surface area contributed by atoms with Gasteiger partial charge < -0.3 is 15.6 Å². The van der Waals surface area contributed by atoms with Crippen LogP contribution in [0, 0.1) is 27.7 Å². The third-order valence-electron chi connectivity index (χ3n) is 4.66. The molecule has 0 aliphatic rings. The predicted molar refractivity (Wildman–Crippen MR) is 104 cm³/mol. The maximum atomic E-state index is 12.1. The molecule has 0 aliphatic heterocycles. The molecule has 4 nitrogen and oxygen atoms in total. The van der Waals surface area contributed by atoms with E-state index in [0.717, 1.165) is 12.1 Å². The number of carbonyl (C=O) groups excluding carboxylic acids is 1. The zero-order valence-corrected chi connectivity index (χ0v) is 15.3. The van der Waals surface area contributed by atoms with Crippen molar-refractivity contribution in [2.45, 2.75) is 34.1 Å². The maximum absolute atomic E-state index is 12.1. The number of aryl methyl sites for hydroxylation is 4. The molecule has 0 radical (unpaired) electrons. The lowest BCUT2D eigenvalue weighted by Crippen LogP contribution is -2.30. The van der Waals surface area contributed by atoms with Gasteiger partial charge in [-0.3, -0.25) is 0 Å². The Morgan fingerprint density at radius 2 is 1.64 bits per heavy atom. The first kappa shape index (κ1) is 17.1. The molecule has 1 heterocycles. The number of amides is 2. The molecule has 0 spiro atoms. The average Bonchev–Trinajstić information content (AvgIpc) is 2.91. The van der Waals surface area contributed by atoms with E-state index < -0.39 is 0 Å². The van der Waals surface area contributed by atoms with E-state index in [2.05, 4.69) is 48.5 Å². The lowest BCUT2D eigenvalue weighted by molar-refractivity contribution is 0.252. The van der Waals surface area contributed by atoms with Crippen molar-refractivity contribution in [1.82, 2.24) is 10.3 Å². The van der Waals surface area contributed by atoms with Gasteiger partial charge in [-0.05, 0) is 62.9 Å². The molecule has 4 heteroatoms. The molecule has 3 rings (SSSR count). The van der Waals surface area contributed by atoms with E-state index in [9.17, 15) is 4.79 Å². The van der Waals surface area contributed by atoms with Crippen LogP contribution in [-0.4, -0.2) is 17.6 Å². The highest BCUT2D eigenvalue weighted by Crippen LogP contribution is 2.28. The van der Waals surface area contributed by atoms with Crippen LogP contribution in [0.2, 0.25) is 0 Å². The summed E-state index contributed by atoms with van der Waals surface area (Å²) in [5.41, 5.74) is 8.16. The summed E-state index contributed by atoms with van der Waals surface area (Å²) in [5, 5.41) is 7.10. The summed E-state index contributed by atoms with van der Waals surface area (Å²) in [6.45, 7) is 8.97. The zero-order valence-electron chi connectivity index (χ0n) is 15.3. The maximum Gasteiger partial charge on any atom is 0.319 e. The second kappa shape index (κ2) is 7.01. The number of hydrogen-bond acceptors (Lipinski definition) is 1. The SMILES string of the molecule is Cc1ccc(NC(=O)NCCc2c(C)[nH]c3c(C)ccc(C)c23)cc1. The summed E-state index contributed by atoms with van der Waals surface area (Å²) >= 11 is 0. The fourth-order valence-electron chi connectivity index (χ4n) is 3.24. The van der Waals surface area contributed by atoms with Crippen molar-refractivity contribution in [3.05, 3.63) is 64.3 Å². The number of H-pyrrole nitrogens is 1. The minimum atomic E-state index is -0.172. The van der Waals surface area contributed by atoms with Crippen LogP contribution in [0.25, 0.3) is 10.9 Å². The first-order chi connectivity index (χ1) is 12.0. The van der Waals surface area contributed by atoms with Crippen LogP contribution in [-0.2, 0) is 6.42 Å². The highest BCUT2D eigenvalue weighted by Gasteiger charge is 2.12. The van der Waals surface area contributed by atoms with E-state index in [0.29, 0.717) is 6.54 Å². The first-order valence-corrected chi connectivity index (χ1v) is 8.64. The molecular weight excluding hydrogens is 310 g/mol. The van der Waals surface area contributed by atoms with Crippen molar-refractivity contribution in [3.63, 3.8) is 0 Å². The molecule has 0 atom stereocenters. The molecule has 0 fully saturated rings. The highest BCUT2D eigenvalue weighted by atomic mass is 16.2. The van der Waals surface area contributed by atoms with Crippen molar-refractivity contribution in [1.29, 1.82) is 0 Å². The Kier molecular flexibility index (Phi) is 4.79. The summed E-state index contributed by atoms with van der Waals surface area (Å²) in [6, 6.07) is 11.9. The molecule has 3 N–H and O–H groups in total. The second-order valence-corrected chi connectivity index (χ2v) is 6.67. The largest absolute Gasteiger partial charge is 0.358 e. The molecule has 3 aromatic rings. The van der Waals surface area contributed by atoms with Crippen molar-refractivity contribution in [2.75, 3.05) is 11.9 Å². The van der Waals surface area contributed by atoms with E-state index in [1.807, 2.05) is 31.2 Å². The number of rotatable bonds is 4. The summed E-state index contributed by atoms with van der Waals surface area (Å²) in [6.07, 6.45) is 0.803. The number of hydrogen-bond donors (Lipinski definition) is 3. The fourth-order valence-corrected chi connectivity index (χ4v) is 3.24. The van der Waals surface area contributed by atoms with Gasteiger partial charge in [0.25, 0.3) is 0 Å². The minimum Gasteiger partial charge on any atom is -0.358 e. The monoisotopic (exact) mass is 335 g/mol. The Morgan fingerprint density at radius 1 is 0.960 bits per heavy atom. The Labute approximate surface area is 148 Å². The van der Waals surface area contributed by atoms with Gasteiger partial charge in [0.1, 0.15) is 0 Å². The lowest BCUT2D eigenvalue weighted by atomic mass is 10.0. The van der Waals surface area contributed by atoms with Gasteiger partial charge in [-0.25, -0.2) is 4.79 Å². The van der Waals surface area contributed by atoms with Gasteiger partial charge in [0, 0.05) is 28.8 Å². The number of anilines is 1. The number of aromatic amines is 1. The number of carbonyl (C=O) groups is 1. The Hall–Kier alpha value is -2.75. The van der Waals surface area contributed by atoms with Crippen LogP contribution in [0.4, 0.5) is 10.5 Å². The van der Waals surface area contributed by atoms with Gasteiger partial charge in [-0.1, -0.05) is 29.8 Å². The standard InChI is InChI=1S/C21H25N3O/c1-13-5-9-17(10-6-13)24-21(25)22-12-11-18-16(4)23-20-15(3)8-7-14(2)19(18)20/h5-10,23H,11-12H2,1-4H3,(H2,22,24,25). The molecule has 0 unspecified atom stereocenters. The molecule has 2 aromatic carbocycles. The van der Waals surface area contributed by atoms with Crippen molar-refractivity contribution >= 4 is 22.6 Å². The normalized spacial score (nSPS) is 10.9. The second-order valence-electron chi connectivity index (χ2n) is 6.67. The van der Waals surface area contributed by atoms with E-state index >= 15 is 0 Å². The minimum absolute atomic E-state index is 0.172. The van der Waals surface area contributed by atoms with Crippen LogP contribution in [0.5, 0.6) is 0 Å². The number of aromatic nitrogens is 1. The van der Waals surface area contributed by atoms with Crippen molar-refractivity contribution < 1.29 is 4.79 Å². The molecule has 2 amide bonds. The number of urea groups is 1. The van der Waals surface area contributed by atoms with Gasteiger partial charge in [0.05, 0.1) is 0 Å². The molecule has 0 saturated heterocycles. The smallest absolute Gasteiger partial charge is 0.319 e. The van der Waals surface area contributed by atoms with Gasteiger partial charge in [-0.2, -0.15) is 0 Å². The van der Waals surface area contributed by atoms with Crippen LogP contribution >= 0.6 is 0 Å². The molecular formula is C21H25N3O. The molecule has 25 heavy (non-hydrogen) atoms. The van der Waals surface area contributed by atoms with Crippen LogP contribution < -0.4 is 10.6 Å². The third-order valence-corrected chi connectivity index (χ3v) is 4.66.